The number of nitrogens with one attached hydrogen (secondary N) is 2. The molecule has 0 saturated heterocycles. The average Bonchev–Trinajstić information content (AvgIpc) is 3.19. The van der Waals surface area contributed by atoms with Crippen molar-refractivity contribution >= 4 is 56.4 Å². The standard InChI is InChI=1S/C23H18ClN3OS2/c1-14-6-9-17(12-18(14)24)21(28)27-23(29)25-13-15-7-10-16(11-8-15)22-26-19-4-2-3-5-20(19)30-22/h2-12H,13H2,1H3,(H2,25,27,28,29). The molecule has 1 heterocycles. The van der Waals surface area contributed by atoms with Gasteiger partial charge in [0.25, 0.3) is 5.91 Å². The highest BCUT2D eigenvalue weighted by molar-refractivity contribution is 7.80. The van der Waals surface area contributed by atoms with Crippen LogP contribution in [-0.4, -0.2) is 16.0 Å². The van der Waals surface area contributed by atoms with E-state index in [4.69, 9.17) is 23.8 Å². The van der Waals surface area contributed by atoms with E-state index in [1.54, 1.807) is 29.5 Å². The fourth-order valence-electron chi connectivity index (χ4n) is 2.90. The van der Waals surface area contributed by atoms with Crippen LogP contribution in [0.2, 0.25) is 5.02 Å². The lowest BCUT2D eigenvalue weighted by atomic mass is 10.1. The van der Waals surface area contributed by atoms with Gasteiger partial charge < -0.3 is 5.32 Å². The van der Waals surface area contributed by atoms with Crippen molar-refractivity contribution in [2.45, 2.75) is 13.5 Å². The number of hydrogen-bond donors (Lipinski definition) is 2. The van der Waals surface area contributed by atoms with Crippen LogP contribution < -0.4 is 10.6 Å². The number of thiocarbonyl (C=S) groups is 1. The number of benzene rings is 3. The first-order valence-electron chi connectivity index (χ1n) is 9.30. The summed E-state index contributed by atoms with van der Waals surface area (Å²) in [6.45, 7) is 2.40. The third-order valence-corrected chi connectivity index (χ3v) is 6.35. The molecule has 0 unspecified atom stereocenters. The van der Waals surface area contributed by atoms with Crippen molar-refractivity contribution in [2.24, 2.45) is 0 Å². The van der Waals surface area contributed by atoms with Crippen LogP contribution in [-0.2, 0) is 6.54 Å². The largest absolute Gasteiger partial charge is 0.358 e. The highest BCUT2D eigenvalue weighted by Gasteiger charge is 2.10. The van der Waals surface area contributed by atoms with E-state index in [-0.39, 0.29) is 11.0 Å². The van der Waals surface area contributed by atoms with Crippen LogP contribution >= 0.6 is 35.2 Å². The molecule has 4 rings (SSSR count). The van der Waals surface area contributed by atoms with E-state index in [1.807, 2.05) is 49.4 Å². The topological polar surface area (TPSA) is 54.0 Å². The van der Waals surface area contributed by atoms with Gasteiger partial charge in [0.05, 0.1) is 10.2 Å². The SMILES string of the molecule is Cc1ccc(C(=O)NC(=S)NCc2ccc(-c3nc4ccccc4s3)cc2)cc1Cl. The number of amides is 1. The van der Waals surface area contributed by atoms with E-state index in [0.29, 0.717) is 17.1 Å². The third-order valence-electron chi connectivity index (χ3n) is 4.61. The molecule has 4 nitrogen and oxygen atoms in total. The number of para-hydroxylation sites is 1. The lowest BCUT2D eigenvalue weighted by Gasteiger charge is -2.10. The first-order valence-corrected chi connectivity index (χ1v) is 10.9. The van der Waals surface area contributed by atoms with E-state index in [0.717, 1.165) is 27.2 Å². The van der Waals surface area contributed by atoms with Crippen molar-refractivity contribution < 1.29 is 4.79 Å². The molecule has 0 saturated carbocycles. The van der Waals surface area contributed by atoms with Crippen LogP contribution in [0.1, 0.15) is 21.5 Å². The van der Waals surface area contributed by atoms with Crippen LogP contribution in [0, 0.1) is 6.92 Å². The number of halogens is 1. The maximum atomic E-state index is 12.3. The molecule has 2 N–H and O–H groups in total. The first-order chi connectivity index (χ1) is 14.5. The van der Waals surface area contributed by atoms with Crippen molar-refractivity contribution in [3.05, 3.63) is 88.4 Å². The predicted octanol–water partition coefficient (Wildman–Crippen LogP) is 5.73. The molecule has 7 heteroatoms. The Morgan fingerprint density at radius 3 is 2.60 bits per heavy atom. The Morgan fingerprint density at radius 1 is 1.10 bits per heavy atom. The summed E-state index contributed by atoms with van der Waals surface area (Å²) in [6.07, 6.45) is 0. The van der Waals surface area contributed by atoms with Crippen LogP contribution in [0.15, 0.2) is 66.7 Å². The van der Waals surface area contributed by atoms with Crippen molar-refractivity contribution in [1.29, 1.82) is 0 Å². The second-order valence-electron chi connectivity index (χ2n) is 6.78. The normalized spacial score (nSPS) is 10.7. The Morgan fingerprint density at radius 2 is 1.87 bits per heavy atom. The number of carbonyl (C=O) groups is 1. The molecule has 0 fully saturated rings. The second-order valence-corrected chi connectivity index (χ2v) is 8.63. The lowest BCUT2D eigenvalue weighted by Crippen LogP contribution is -2.38. The molecule has 0 aliphatic carbocycles. The Kier molecular flexibility index (Phi) is 6.08. The molecule has 0 aliphatic rings. The molecule has 0 aliphatic heterocycles. The van der Waals surface area contributed by atoms with Gasteiger partial charge in [0.2, 0.25) is 0 Å². The van der Waals surface area contributed by atoms with Crippen LogP contribution in [0.25, 0.3) is 20.8 Å². The van der Waals surface area contributed by atoms with Crippen molar-refractivity contribution in [1.82, 2.24) is 15.6 Å². The van der Waals surface area contributed by atoms with Gasteiger partial charge in [0.1, 0.15) is 5.01 Å². The highest BCUT2D eigenvalue weighted by Crippen LogP contribution is 2.30. The van der Waals surface area contributed by atoms with Crippen molar-refractivity contribution in [2.75, 3.05) is 0 Å². The Labute approximate surface area is 188 Å². The molecule has 0 spiro atoms. The molecule has 4 aromatic rings. The number of rotatable bonds is 4. The van der Waals surface area contributed by atoms with E-state index in [2.05, 4.69) is 21.7 Å². The number of carbonyl (C=O) groups excluding carboxylic acids is 1. The smallest absolute Gasteiger partial charge is 0.257 e. The molecule has 0 bridgehead atoms. The summed E-state index contributed by atoms with van der Waals surface area (Å²) in [5.41, 5.74) is 4.53. The molecule has 3 aromatic carbocycles. The van der Waals surface area contributed by atoms with E-state index in [1.165, 1.54) is 4.70 Å². The molecular formula is C23H18ClN3OS2. The maximum absolute atomic E-state index is 12.3. The monoisotopic (exact) mass is 451 g/mol. The van der Waals surface area contributed by atoms with Crippen LogP contribution in [0.3, 0.4) is 0 Å². The van der Waals surface area contributed by atoms with Crippen molar-refractivity contribution in [3.63, 3.8) is 0 Å². The van der Waals surface area contributed by atoms with Gasteiger partial charge in [0, 0.05) is 22.7 Å². The average molecular weight is 452 g/mol. The lowest BCUT2D eigenvalue weighted by molar-refractivity contribution is 0.0976. The molecule has 1 amide bonds. The molecule has 150 valence electrons. The summed E-state index contributed by atoms with van der Waals surface area (Å²) in [5, 5.41) is 7.56. The highest BCUT2D eigenvalue weighted by atomic mass is 35.5. The van der Waals surface area contributed by atoms with E-state index < -0.39 is 0 Å². The fourth-order valence-corrected chi connectivity index (χ4v) is 4.21. The summed E-state index contributed by atoms with van der Waals surface area (Å²) in [5.74, 6) is -0.291. The molecular weight excluding hydrogens is 434 g/mol. The summed E-state index contributed by atoms with van der Waals surface area (Å²) < 4.78 is 1.18. The van der Waals surface area contributed by atoms with Gasteiger partial charge in [-0.25, -0.2) is 4.98 Å². The third kappa shape index (κ3) is 4.67. The fraction of sp³-hybridized carbons (Fsp3) is 0.0870. The second kappa shape index (κ2) is 8.92. The van der Waals surface area contributed by atoms with Crippen LogP contribution in [0.4, 0.5) is 0 Å². The van der Waals surface area contributed by atoms with Gasteiger partial charge in [0.15, 0.2) is 5.11 Å². The molecule has 0 atom stereocenters. The van der Waals surface area contributed by atoms with Gasteiger partial charge in [-0.15, -0.1) is 11.3 Å². The number of thiazole rings is 1. The Bertz CT molecular complexity index is 1200. The molecule has 30 heavy (non-hydrogen) atoms. The van der Waals surface area contributed by atoms with Gasteiger partial charge >= 0.3 is 0 Å². The molecule has 1 aromatic heterocycles. The summed E-state index contributed by atoms with van der Waals surface area (Å²) >= 11 is 13.0. The minimum absolute atomic E-state index is 0.270. The van der Waals surface area contributed by atoms with E-state index >= 15 is 0 Å². The minimum atomic E-state index is -0.291. The number of hydrogen-bond acceptors (Lipinski definition) is 4. The van der Waals surface area contributed by atoms with Crippen LogP contribution in [0.5, 0.6) is 0 Å². The number of aryl methyl sites for hydroxylation is 1. The zero-order chi connectivity index (χ0) is 21.1. The number of nitrogens with zero attached hydrogens (tertiary/aromatic N) is 1. The van der Waals surface area contributed by atoms with Gasteiger partial charge in [-0.05, 0) is 54.5 Å². The van der Waals surface area contributed by atoms with Crippen molar-refractivity contribution in [3.8, 4) is 10.6 Å². The zero-order valence-electron chi connectivity index (χ0n) is 16.1. The summed E-state index contributed by atoms with van der Waals surface area (Å²) in [7, 11) is 0. The first kappa shape index (κ1) is 20.5. The minimum Gasteiger partial charge on any atom is -0.358 e. The Balaban J connectivity index is 1.35. The van der Waals surface area contributed by atoms with Gasteiger partial charge in [-0.1, -0.05) is 54.1 Å². The van der Waals surface area contributed by atoms with Gasteiger partial charge in [-0.3, -0.25) is 10.1 Å². The number of aromatic nitrogens is 1. The maximum Gasteiger partial charge on any atom is 0.257 e. The van der Waals surface area contributed by atoms with E-state index in [9.17, 15) is 4.79 Å². The van der Waals surface area contributed by atoms with Gasteiger partial charge in [-0.2, -0.15) is 0 Å². The molecule has 0 radical (unpaired) electrons. The summed E-state index contributed by atoms with van der Waals surface area (Å²) in [6, 6.07) is 21.4. The quantitative estimate of drug-likeness (QED) is 0.389. The predicted molar refractivity (Wildman–Crippen MR) is 128 cm³/mol. The summed E-state index contributed by atoms with van der Waals surface area (Å²) in [4.78, 5) is 17.0. The zero-order valence-corrected chi connectivity index (χ0v) is 18.5. The Hall–Kier alpha value is -2.80. The number of fused-ring (bicyclic) bond motifs is 1.